The van der Waals surface area contributed by atoms with Crippen LogP contribution in [0.3, 0.4) is 0 Å². The van der Waals surface area contributed by atoms with Crippen molar-refractivity contribution in [3.05, 3.63) is 61.7 Å². The van der Waals surface area contributed by atoms with Crippen molar-refractivity contribution in [2.24, 2.45) is 9.98 Å². The molecule has 0 aliphatic carbocycles. The average molecular weight is 368 g/mol. The number of thioether (sulfide) groups is 1. The Labute approximate surface area is 144 Å². The molecule has 0 saturated heterocycles. The lowest BCUT2D eigenvalue weighted by Gasteiger charge is -2.14. The van der Waals surface area contributed by atoms with Gasteiger partial charge in [0.2, 0.25) is 0 Å². The van der Waals surface area contributed by atoms with E-state index in [9.17, 15) is 20.2 Å². The molecule has 0 fully saturated rings. The number of halogens is 1. The Balaban J connectivity index is 1.76. The Kier molecular flexibility index (Phi) is 4.24. The third kappa shape index (κ3) is 3.10. The van der Waals surface area contributed by atoms with Gasteiger partial charge in [-0.25, -0.2) is 4.99 Å². The first-order valence-electron chi connectivity index (χ1n) is 6.71. The van der Waals surface area contributed by atoms with Crippen molar-refractivity contribution < 1.29 is 9.85 Å². The van der Waals surface area contributed by atoms with Crippen LogP contribution in [-0.4, -0.2) is 31.7 Å². The fraction of sp³-hybridized carbons (Fsp3) is 0.231. The highest BCUT2D eigenvalue weighted by Crippen LogP contribution is 2.43. The van der Waals surface area contributed by atoms with Crippen molar-refractivity contribution in [3.8, 4) is 0 Å². The fourth-order valence-electron chi connectivity index (χ4n) is 2.21. The first kappa shape index (κ1) is 16.4. The lowest BCUT2D eigenvalue weighted by molar-refractivity contribution is -0.499. The molecule has 9 nitrogen and oxygen atoms in total. The predicted octanol–water partition coefficient (Wildman–Crippen LogP) is 2.29. The molecule has 0 aromatic heterocycles. The van der Waals surface area contributed by atoms with E-state index in [1.807, 2.05) is 0 Å². The molecule has 1 unspecified atom stereocenters. The Hall–Kier alpha value is -2.46. The minimum absolute atomic E-state index is 0.00843. The molecule has 1 aromatic rings. The predicted molar refractivity (Wildman–Crippen MR) is 90.9 cm³/mol. The van der Waals surface area contributed by atoms with Crippen LogP contribution in [0.15, 0.2) is 45.9 Å². The minimum Gasteiger partial charge on any atom is -0.366 e. The van der Waals surface area contributed by atoms with Crippen LogP contribution in [0.2, 0.25) is 0 Å². The van der Waals surface area contributed by atoms with Gasteiger partial charge in [0.25, 0.3) is 5.69 Å². The van der Waals surface area contributed by atoms with Gasteiger partial charge in [-0.05, 0) is 28.9 Å². The maximum atomic E-state index is 11.1. The van der Waals surface area contributed by atoms with E-state index in [-0.39, 0.29) is 18.9 Å². The van der Waals surface area contributed by atoms with Gasteiger partial charge in [0.1, 0.15) is 17.5 Å². The Morgan fingerprint density at radius 1 is 1.33 bits per heavy atom. The van der Waals surface area contributed by atoms with Crippen LogP contribution in [0, 0.1) is 20.2 Å². The number of nitro benzene ring substituents is 1. The molecular weight excluding hydrogens is 358 g/mol. The molecule has 1 atom stereocenters. The zero-order chi connectivity index (χ0) is 17.3. The van der Waals surface area contributed by atoms with E-state index in [1.165, 1.54) is 18.2 Å². The van der Waals surface area contributed by atoms with Crippen LogP contribution >= 0.6 is 23.4 Å². The molecule has 3 rings (SSSR count). The molecule has 2 aliphatic heterocycles. The molecule has 0 spiro atoms. The van der Waals surface area contributed by atoms with Crippen LogP contribution in [-0.2, 0) is 6.54 Å². The highest BCUT2D eigenvalue weighted by atomic mass is 35.5. The van der Waals surface area contributed by atoms with Gasteiger partial charge in [-0.1, -0.05) is 12.1 Å². The van der Waals surface area contributed by atoms with E-state index in [1.54, 1.807) is 12.1 Å². The largest absolute Gasteiger partial charge is 0.367 e. The van der Waals surface area contributed by atoms with Crippen molar-refractivity contribution in [2.75, 3.05) is 6.67 Å². The molecule has 0 saturated carbocycles. The molecule has 2 aliphatic rings. The van der Waals surface area contributed by atoms with E-state index in [2.05, 4.69) is 15.3 Å². The first-order valence-corrected chi connectivity index (χ1v) is 7.90. The molecule has 2 heterocycles. The second kappa shape index (κ2) is 6.21. The van der Waals surface area contributed by atoms with Crippen molar-refractivity contribution >= 4 is 39.9 Å². The summed E-state index contributed by atoms with van der Waals surface area (Å²) in [7, 11) is 0. The molecule has 124 valence electrons. The number of nitro groups is 2. The number of nitrogens with zero attached hydrogens (tertiary/aromatic N) is 4. The lowest BCUT2D eigenvalue weighted by atomic mass is 10.1. The Morgan fingerprint density at radius 3 is 2.83 bits per heavy atom. The van der Waals surface area contributed by atoms with Gasteiger partial charge in [0.05, 0.1) is 15.4 Å². The second-order valence-electron chi connectivity index (χ2n) is 4.92. The van der Waals surface area contributed by atoms with E-state index in [0.29, 0.717) is 22.0 Å². The average Bonchev–Trinajstić information content (AvgIpc) is 2.91. The molecule has 1 N–H and O–H groups in total. The van der Waals surface area contributed by atoms with Crippen molar-refractivity contribution in [2.45, 2.75) is 10.9 Å². The SMILES string of the molecule is O=[N+]([O-])c1cccc(CNC2=NCN=C3SC(Cl)([N+](=O)[O-])C=C23)c1. The minimum atomic E-state index is -1.79. The van der Waals surface area contributed by atoms with Gasteiger partial charge < -0.3 is 5.32 Å². The van der Waals surface area contributed by atoms with E-state index in [4.69, 9.17) is 11.6 Å². The number of benzene rings is 1. The van der Waals surface area contributed by atoms with Crippen LogP contribution in [0.5, 0.6) is 0 Å². The zero-order valence-electron chi connectivity index (χ0n) is 12.0. The molecule has 1 aromatic carbocycles. The van der Waals surface area contributed by atoms with Gasteiger partial charge >= 0.3 is 4.33 Å². The summed E-state index contributed by atoms with van der Waals surface area (Å²) < 4.78 is -1.79. The zero-order valence-corrected chi connectivity index (χ0v) is 13.6. The summed E-state index contributed by atoms with van der Waals surface area (Å²) in [6, 6.07) is 6.18. The standard InChI is InChI=1S/C13H10ClN5O4S/c14-13(19(22)23)5-10-11(16-7-17-12(10)24-13)15-6-8-2-1-3-9(4-8)18(20)21/h1-5H,6-7H2,(H,15,16). The summed E-state index contributed by atoms with van der Waals surface area (Å²) in [5.74, 6) is 0.434. The van der Waals surface area contributed by atoms with Crippen LogP contribution in [0.4, 0.5) is 5.69 Å². The van der Waals surface area contributed by atoms with Crippen LogP contribution < -0.4 is 5.32 Å². The second-order valence-corrected chi connectivity index (χ2v) is 6.93. The van der Waals surface area contributed by atoms with Crippen molar-refractivity contribution in [1.82, 2.24) is 5.32 Å². The molecular formula is C13H10ClN5O4S. The van der Waals surface area contributed by atoms with Crippen LogP contribution in [0.25, 0.3) is 0 Å². The third-order valence-corrected chi connectivity index (χ3v) is 4.90. The Morgan fingerprint density at radius 2 is 2.12 bits per heavy atom. The molecule has 11 heteroatoms. The topological polar surface area (TPSA) is 123 Å². The molecule has 0 bridgehead atoms. The monoisotopic (exact) mass is 367 g/mol. The van der Waals surface area contributed by atoms with E-state index < -0.39 is 14.2 Å². The summed E-state index contributed by atoms with van der Waals surface area (Å²) in [5, 5.41) is 25.4. The molecule has 0 amide bonds. The van der Waals surface area contributed by atoms with Gasteiger partial charge in [-0.3, -0.25) is 25.2 Å². The third-order valence-electron chi connectivity index (χ3n) is 3.32. The summed E-state index contributed by atoms with van der Waals surface area (Å²) in [6.45, 7) is 0.422. The lowest BCUT2D eigenvalue weighted by Crippen LogP contribution is -2.29. The summed E-state index contributed by atoms with van der Waals surface area (Å²) in [6.07, 6.45) is 1.30. The maximum Gasteiger partial charge on any atom is 0.367 e. The number of rotatable bonds is 4. The number of amidine groups is 1. The van der Waals surface area contributed by atoms with Gasteiger partial charge in [-0.2, -0.15) is 0 Å². The normalized spacial score (nSPS) is 22.1. The summed E-state index contributed by atoms with van der Waals surface area (Å²) >= 11 is 6.82. The number of non-ortho nitro benzene ring substituents is 1. The number of hydrogen-bond donors (Lipinski definition) is 1. The van der Waals surface area contributed by atoms with Crippen LogP contribution in [0.1, 0.15) is 5.56 Å². The quantitative estimate of drug-likeness (QED) is 0.377. The highest BCUT2D eigenvalue weighted by Gasteiger charge is 2.49. The Bertz CT molecular complexity index is 824. The molecule has 24 heavy (non-hydrogen) atoms. The number of hydrogen-bond acceptors (Lipinski definition) is 8. The number of nitrogens with one attached hydrogen (secondary N) is 1. The van der Waals surface area contributed by atoms with Gasteiger partial charge in [0.15, 0.2) is 0 Å². The highest BCUT2D eigenvalue weighted by molar-refractivity contribution is 8.17. The van der Waals surface area contributed by atoms with E-state index >= 15 is 0 Å². The number of fused-ring (bicyclic) bond motifs is 1. The smallest absolute Gasteiger partial charge is 0.366 e. The fourth-order valence-corrected chi connectivity index (χ4v) is 3.45. The van der Waals surface area contributed by atoms with Gasteiger partial charge in [-0.15, -0.1) is 0 Å². The van der Waals surface area contributed by atoms with Crippen molar-refractivity contribution in [3.63, 3.8) is 0 Å². The number of alkyl halides is 1. The summed E-state index contributed by atoms with van der Waals surface area (Å²) in [4.78, 5) is 29.1. The first-order chi connectivity index (χ1) is 11.4. The number of aliphatic imine (C=N–C) groups is 2. The molecule has 0 radical (unpaired) electrons. The summed E-state index contributed by atoms with van der Waals surface area (Å²) in [5.41, 5.74) is 1.16. The van der Waals surface area contributed by atoms with Crippen molar-refractivity contribution in [1.29, 1.82) is 0 Å². The van der Waals surface area contributed by atoms with Gasteiger partial charge in [0, 0.05) is 24.8 Å². The maximum absolute atomic E-state index is 11.1. The van der Waals surface area contributed by atoms with E-state index in [0.717, 1.165) is 11.8 Å².